The quantitative estimate of drug-likeness (QED) is 0.482. The van der Waals surface area contributed by atoms with Crippen LogP contribution in [0, 0.1) is 0 Å². The van der Waals surface area contributed by atoms with Gasteiger partial charge in [0.15, 0.2) is 0 Å². The van der Waals surface area contributed by atoms with Crippen molar-refractivity contribution in [2.75, 3.05) is 0 Å². The van der Waals surface area contributed by atoms with Gasteiger partial charge in [-0.3, -0.25) is 0 Å². The molecule has 2 aromatic carbocycles. The van der Waals surface area contributed by atoms with Crippen LogP contribution in [0.15, 0.2) is 60.7 Å². The first-order valence-electron chi connectivity index (χ1n) is 6.91. The lowest BCUT2D eigenvalue weighted by atomic mass is 10.0. The van der Waals surface area contributed by atoms with Gasteiger partial charge in [0.2, 0.25) is 0 Å². The smallest absolute Gasteiger partial charge is 0.354 e. The van der Waals surface area contributed by atoms with Gasteiger partial charge in [0.25, 0.3) is 5.88 Å². The van der Waals surface area contributed by atoms with Crippen LogP contribution in [0.4, 0.5) is 13.2 Å². The molecule has 0 aliphatic carbocycles. The number of hydrogen-bond donors (Lipinski definition) is 0. The third-order valence-electron chi connectivity index (χ3n) is 3.23. The predicted octanol–water partition coefficient (Wildman–Crippen LogP) is 4.71. The number of halogens is 3. The summed E-state index contributed by atoms with van der Waals surface area (Å²) in [5, 5.41) is 0. The molecule has 0 bridgehead atoms. The van der Waals surface area contributed by atoms with E-state index >= 15 is 0 Å². The van der Waals surface area contributed by atoms with Gasteiger partial charge in [0, 0.05) is 0 Å². The van der Waals surface area contributed by atoms with Crippen molar-refractivity contribution in [2.24, 2.45) is 0 Å². The van der Waals surface area contributed by atoms with Crippen LogP contribution in [0.1, 0.15) is 0 Å². The molecule has 1 heterocycles. The highest BCUT2D eigenvalue weighted by molar-refractivity contribution is 7.88. The largest absolute Gasteiger partial charge is 0.534 e. The SMILES string of the molecule is O=S(=O)(Oc1nsc(-c2ccccc2)c1-c1ccccc1)C(F)(F)F. The van der Waals surface area contributed by atoms with Crippen LogP contribution >= 0.6 is 11.5 Å². The second-order valence-corrected chi connectivity index (χ2v) is 7.22. The molecule has 0 aliphatic rings. The molecule has 3 rings (SSSR count). The summed E-state index contributed by atoms with van der Waals surface area (Å²) in [6, 6.07) is 17.2. The Morgan fingerprint density at radius 1 is 0.880 bits per heavy atom. The summed E-state index contributed by atoms with van der Waals surface area (Å²) in [6.07, 6.45) is 0. The highest BCUT2D eigenvalue weighted by Gasteiger charge is 2.49. The van der Waals surface area contributed by atoms with Crippen molar-refractivity contribution in [3.05, 3.63) is 60.7 Å². The van der Waals surface area contributed by atoms with E-state index in [9.17, 15) is 21.6 Å². The fourth-order valence-electron chi connectivity index (χ4n) is 2.13. The van der Waals surface area contributed by atoms with Gasteiger partial charge in [-0.05, 0) is 22.7 Å². The number of rotatable bonds is 4. The van der Waals surface area contributed by atoms with Crippen molar-refractivity contribution < 1.29 is 25.8 Å². The van der Waals surface area contributed by atoms with Crippen LogP contribution in [0.3, 0.4) is 0 Å². The zero-order chi connectivity index (χ0) is 18.1. The molecule has 3 aromatic rings. The fourth-order valence-corrected chi connectivity index (χ4v) is 3.44. The van der Waals surface area contributed by atoms with E-state index in [1.54, 1.807) is 60.7 Å². The molecule has 0 saturated carbocycles. The van der Waals surface area contributed by atoms with Gasteiger partial charge in [-0.15, -0.1) is 0 Å². The lowest BCUT2D eigenvalue weighted by Gasteiger charge is -2.10. The number of alkyl halides is 3. The molecular weight excluding hydrogens is 375 g/mol. The Kier molecular flexibility index (Phi) is 4.53. The normalized spacial score (nSPS) is 12.1. The molecule has 0 N–H and O–H groups in total. The minimum absolute atomic E-state index is 0.199. The first-order valence-corrected chi connectivity index (χ1v) is 9.09. The third kappa shape index (κ3) is 3.52. The van der Waals surface area contributed by atoms with Gasteiger partial charge in [-0.25, -0.2) is 0 Å². The van der Waals surface area contributed by atoms with E-state index in [0.29, 0.717) is 16.0 Å². The third-order valence-corrected chi connectivity index (χ3v) is 5.06. The summed E-state index contributed by atoms with van der Waals surface area (Å²) in [5.41, 5.74) is -4.14. The molecule has 0 saturated heterocycles. The van der Waals surface area contributed by atoms with Crippen molar-refractivity contribution in [3.8, 4) is 27.4 Å². The van der Waals surface area contributed by atoms with Crippen LogP contribution in [0.25, 0.3) is 21.6 Å². The molecule has 0 atom stereocenters. The minimum Gasteiger partial charge on any atom is -0.354 e. The summed E-state index contributed by atoms with van der Waals surface area (Å²) in [6.45, 7) is 0. The molecule has 0 radical (unpaired) electrons. The van der Waals surface area contributed by atoms with Gasteiger partial charge < -0.3 is 4.18 Å². The first-order chi connectivity index (χ1) is 11.8. The van der Waals surface area contributed by atoms with Crippen LogP contribution in [0.2, 0.25) is 0 Å². The molecule has 1 aromatic heterocycles. The van der Waals surface area contributed by atoms with E-state index in [2.05, 4.69) is 8.56 Å². The molecule has 0 aliphatic heterocycles. The maximum atomic E-state index is 12.6. The summed E-state index contributed by atoms with van der Waals surface area (Å²) in [7, 11) is -5.81. The standard InChI is InChI=1S/C16H10F3NO3S2/c17-16(18,19)25(21,22)23-15-13(11-7-3-1-4-8-11)14(24-20-15)12-9-5-2-6-10-12/h1-10H. The van der Waals surface area contributed by atoms with E-state index in [4.69, 9.17) is 0 Å². The van der Waals surface area contributed by atoms with E-state index < -0.39 is 21.5 Å². The number of hydrogen-bond acceptors (Lipinski definition) is 5. The predicted molar refractivity (Wildman–Crippen MR) is 88.6 cm³/mol. The molecule has 25 heavy (non-hydrogen) atoms. The Labute approximate surface area is 145 Å². The van der Waals surface area contributed by atoms with Crippen molar-refractivity contribution in [1.82, 2.24) is 4.37 Å². The van der Waals surface area contributed by atoms with Crippen LogP contribution < -0.4 is 4.18 Å². The summed E-state index contributed by atoms with van der Waals surface area (Å²) >= 11 is 0.869. The summed E-state index contributed by atoms with van der Waals surface area (Å²) in [4.78, 5) is 0.513. The number of nitrogens with zero attached hydrogens (tertiary/aromatic N) is 1. The van der Waals surface area contributed by atoms with E-state index in [1.165, 1.54) is 0 Å². The second kappa shape index (κ2) is 6.49. The zero-order valence-corrected chi connectivity index (χ0v) is 14.0. The Hall–Kier alpha value is -2.39. The Balaban J connectivity index is 2.16. The first kappa shape index (κ1) is 17.4. The van der Waals surface area contributed by atoms with Crippen molar-refractivity contribution in [1.29, 1.82) is 0 Å². The van der Waals surface area contributed by atoms with Crippen molar-refractivity contribution in [2.45, 2.75) is 5.51 Å². The van der Waals surface area contributed by atoms with Gasteiger partial charge in [0.05, 0.1) is 10.4 Å². The molecule has 4 nitrogen and oxygen atoms in total. The Morgan fingerprint density at radius 3 is 1.92 bits per heavy atom. The fraction of sp³-hybridized carbons (Fsp3) is 0.0625. The monoisotopic (exact) mass is 385 g/mol. The van der Waals surface area contributed by atoms with E-state index in [1.807, 2.05) is 0 Å². The minimum atomic E-state index is -5.81. The average molecular weight is 385 g/mol. The van der Waals surface area contributed by atoms with Crippen molar-refractivity contribution in [3.63, 3.8) is 0 Å². The maximum Gasteiger partial charge on any atom is 0.534 e. The average Bonchev–Trinajstić information content (AvgIpc) is 2.98. The topological polar surface area (TPSA) is 56.3 Å². The van der Waals surface area contributed by atoms with Crippen LogP contribution in [-0.4, -0.2) is 18.3 Å². The maximum absolute atomic E-state index is 12.6. The van der Waals surface area contributed by atoms with Crippen LogP contribution in [0.5, 0.6) is 5.88 Å². The van der Waals surface area contributed by atoms with Gasteiger partial charge in [-0.1, -0.05) is 60.7 Å². The molecule has 9 heteroatoms. The van der Waals surface area contributed by atoms with Crippen molar-refractivity contribution >= 4 is 21.7 Å². The van der Waals surface area contributed by atoms with Gasteiger partial charge in [0.1, 0.15) is 0 Å². The molecule has 130 valence electrons. The van der Waals surface area contributed by atoms with E-state index in [-0.39, 0.29) is 5.56 Å². The summed E-state index contributed by atoms with van der Waals surface area (Å²) < 4.78 is 68.8. The number of aromatic nitrogens is 1. The molecular formula is C16H10F3NO3S2. The van der Waals surface area contributed by atoms with Crippen LogP contribution in [-0.2, 0) is 10.1 Å². The number of benzene rings is 2. The summed E-state index contributed by atoms with van der Waals surface area (Å²) in [5.74, 6) is -0.590. The van der Waals surface area contributed by atoms with Gasteiger partial charge >= 0.3 is 15.6 Å². The second-order valence-electron chi connectivity index (χ2n) is 4.91. The molecule has 0 fully saturated rings. The lowest BCUT2D eigenvalue weighted by molar-refractivity contribution is -0.0500. The van der Waals surface area contributed by atoms with Gasteiger partial charge in [-0.2, -0.15) is 26.0 Å². The molecule has 0 unspecified atom stereocenters. The molecule has 0 amide bonds. The highest BCUT2D eigenvalue weighted by atomic mass is 32.2. The molecule has 0 spiro atoms. The zero-order valence-electron chi connectivity index (χ0n) is 12.4. The Bertz CT molecular complexity index is 969. The lowest BCUT2D eigenvalue weighted by Crippen LogP contribution is -2.28. The van der Waals surface area contributed by atoms with E-state index in [0.717, 1.165) is 11.5 Å². The Morgan fingerprint density at radius 2 is 1.40 bits per heavy atom. The highest BCUT2D eigenvalue weighted by Crippen LogP contribution is 2.43.